The van der Waals surface area contributed by atoms with Gasteiger partial charge in [-0.25, -0.2) is 14.3 Å². The standard InChI is InChI=1S/C27H23ClN2O6/c1-33-21-13-12-18(15-22(21)36-16-17-8-7-9-19(28)14-17)24-23(26(31)34-2)25(27(32)35-3)30(29-24)20-10-5-4-6-11-20/h4-15H,16H2,1-3H3. The smallest absolute Gasteiger partial charge is 0.357 e. The Hall–Kier alpha value is -4.30. The van der Waals surface area contributed by atoms with Crippen LogP contribution in [0.4, 0.5) is 0 Å². The molecule has 0 radical (unpaired) electrons. The van der Waals surface area contributed by atoms with Gasteiger partial charge in [-0.05, 0) is 48.0 Å². The summed E-state index contributed by atoms with van der Waals surface area (Å²) in [5.41, 5.74) is 2.09. The van der Waals surface area contributed by atoms with Crippen molar-refractivity contribution in [1.82, 2.24) is 9.78 Å². The van der Waals surface area contributed by atoms with Gasteiger partial charge in [0.1, 0.15) is 17.9 Å². The second-order valence-corrected chi connectivity index (χ2v) is 8.02. The second-order valence-electron chi connectivity index (χ2n) is 7.59. The first-order valence-corrected chi connectivity index (χ1v) is 11.2. The van der Waals surface area contributed by atoms with Crippen LogP contribution in [0.15, 0.2) is 72.8 Å². The highest BCUT2D eigenvalue weighted by Crippen LogP contribution is 2.36. The van der Waals surface area contributed by atoms with E-state index >= 15 is 0 Å². The number of nitrogens with zero attached hydrogens (tertiary/aromatic N) is 2. The monoisotopic (exact) mass is 506 g/mol. The third kappa shape index (κ3) is 5.04. The van der Waals surface area contributed by atoms with Gasteiger partial charge in [0.2, 0.25) is 0 Å². The van der Waals surface area contributed by atoms with Crippen LogP contribution >= 0.6 is 11.6 Å². The Balaban J connectivity index is 1.85. The van der Waals surface area contributed by atoms with E-state index < -0.39 is 11.9 Å². The summed E-state index contributed by atoms with van der Waals surface area (Å²) < 4.78 is 22.8. The number of halogens is 1. The molecule has 8 nitrogen and oxygen atoms in total. The van der Waals surface area contributed by atoms with Crippen LogP contribution in [0.1, 0.15) is 26.4 Å². The Morgan fingerprint density at radius 2 is 1.61 bits per heavy atom. The van der Waals surface area contributed by atoms with Crippen molar-refractivity contribution in [2.45, 2.75) is 6.61 Å². The number of aromatic nitrogens is 2. The number of para-hydroxylation sites is 1. The summed E-state index contributed by atoms with van der Waals surface area (Å²) in [5.74, 6) is -0.565. The van der Waals surface area contributed by atoms with E-state index in [1.165, 1.54) is 26.0 Å². The van der Waals surface area contributed by atoms with E-state index in [0.717, 1.165) is 5.56 Å². The molecule has 0 unspecified atom stereocenters. The minimum absolute atomic E-state index is 0.0286. The van der Waals surface area contributed by atoms with Crippen molar-refractivity contribution in [2.24, 2.45) is 0 Å². The third-order valence-electron chi connectivity index (χ3n) is 5.37. The minimum Gasteiger partial charge on any atom is -0.493 e. The van der Waals surface area contributed by atoms with Gasteiger partial charge < -0.3 is 18.9 Å². The zero-order valence-corrected chi connectivity index (χ0v) is 20.6. The highest BCUT2D eigenvalue weighted by molar-refractivity contribution is 6.30. The number of hydrogen-bond acceptors (Lipinski definition) is 7. The maximum Gasteiger partial charge on any atom is 0.357 e. The van der Waals surface area contributed by atoms with Crippen LogP contribution < -0.4 is 9.47 Å². The summed E-state index contributed by atoms with van der Waals surface area (Å²) in [4.78, 5) is 25.7. The maximum absolute atomic E-state index is 12.9. The fraction of sp³-hybridized carbons (Fsp3) is 0.148. The molecule has 184 valence electrons. The van der Waals surface area contributed by atoms with Gasteiger partial charge in [-0.1, -0.05) is 41.9 Å². The van der Waals surface area contributed by atoms with Gasteiger partial charge >= 0.3 is 11.9 Å². The number of rotatable bonds is 8. The average molecular weight is 507 g/mol. The lowest BCUT2D eigenvalue weighted by Crippen LogP contribution is -2.15. The normalized spacial score (nSPS) is 10.6. The first kappa shape index (κ1) is 24.8. The van der Waals surface area contributed by atoms with E-state index in [-0.39, 0.29) is 23.6 Å². The Morgan fingerprint density at radius 1 is 0.861 bits per heavy atom. The van der Waals surface area contributed by atoms with E-state index in [9.17, 15) is 9.59 Å². The number of carbonyl (C=O) groups is 2. The molecule has 0 atom stereocenters. The van der Waals surface area contributed by atoms with E-state index in [1.807, 2.05) is 18.2 Å². The zero-order chi connectivity index (χ0) is 25.7. The summed E-state index contributed by atoms with van der Waals surface area (Å²) in [5, 5.41) is 5.21. The molecule has 0 bridgehead atoms. The van der Waals surface area contributed by atoms with Gasteiger partial charge in [-0.15, -0.1) is 0 Å². The number of benzene rings is 3. The fourth-order valence-electron chi connectivity index (χ4n) is 3.68. The molecule has 0 spiro atoms. The molecule has 9 heteroatoms. The van der Waals surface area contributed by atoms with Gasteiger partial charge in [-0.2, -0.15) is 5.10 Å². The lowest BCUT2D eigenvalue weighted by atomic mass is 10.0. The van der Waals surface area contributed by atoms with Crippen molar-refractivity contribution in [3.8, 4) is 28.4 Å². The first-order valence-electron chi connectivity index (χ1n) is 10.9. The van der Waals surface area contributed by atoms with Crippen molar-refractivity contribution >= 4 is 23.5 Å². The molecule has 1 heterocycles. The maximum atomic E-state index is 12.9. The van der Waals surface area contributed by atoms with Gasteiger partial charge in [-0.3, -0.25) is 0 Å². The average Bonchev–Trinajstić information content (AvgIpc) is 3.32. The molecule has 0 N–H and O–H groups in total. The van der Waals surface area contributed by atoms with E-state index in [4.69, 9.17) is 30.5 Å². The largest absolute Gasteiger partial charge is 0.493 e. The van der Waals surface area contributed by atoms with Gasteiger partial charge in [0.05, 0.1) is 27.0 Å². The number of methoxy groups -OCH3 is 3. The zero-order valence-electron chi connectivity index (χ0n) is 19.9. The summed E-state index contributed by atoms with van der Waals surface area (Å²) >= 11 is 6.08. The number of ether oxygens (including phenoxy) is 4. The molecule has 0 aliphatic carbocycles. The summed E-state index contributed by atoms with van der Waals surface area (Å²) in [7, 11) is 4.00. The van der Waals surface area contributed by atoms with Crippen LogP contribution in [0.5, 0.6) is 11.5 Å². The van der Waals surface area contributed by atoms with Crippen molar-refractivity contribution in [3.05, 3.63) is 94.6 Å². The highest BCUT2D eigenvalue weighted by atomic mass is 35.5. The molecule has 0 aliphatic rings. The van der Waals surface area contributed by atoms with Gasteiger partial charge in [0.15, 0.2) is 17.2 Å². The van der Waals surface area contributed by atoms with Crippen LogP contribution in [0.3, 0.4) is 0 Å². The molecule has 36 heavy (non-hydrogen) atoms. The Labute approximate surface area is 212 Å². The molecule has 0 aliphatic heterocycles. The summed E-state index contributed by atoms with van der Waals surface area (Å²) in [6, 6.07) is 21.4. The number of esters is 2. The number of hydrogen-bond donors (Lipinski definition) is 0. The van der Waals surface area contributed by atoms with Crippen LogP contribution in [-0.2, 0) is 16.1 Å². The molecule has 0 saturated carbocycles. The van der Waals surface area contributed by atoms with Crippen LogP contribution in [-0.4, -0.2) is 43.0 Å². The Bertz CT molecular complexity index is 1400. The van der Waals surface area contributed by atoms with Gasteiger partial charge in [0, 0.05) is 10.6 Å². The third-order valence-corrected chi connectivity index (χ3v) is 5.61. The SMILES string of the molecule is COC(=O)c1c(-c2ccc(OC)c(OCc3cccc(Cl)c3)c2)nn(-c2ccccc2)c1C(=O)OC. The van der Waals surface area contributed by atoms with E-state index in [2.05, 4.69) is 5.10 Å². The van der Waals surface area contributed by atoms with E-state index in [1.54, 1.807) is 54.6 Å². The van der Waals surface area contributed by atoms with Crippen molar-refractivity contribution in [1.29, 1.82) is 0 Å². The highest BCUT2D eigenvalue weighted by Gasteiger charge is 2.31. The molecule has 0 saturated heterocycles. The quantitative estimate of drug-likeness (QED) is 0.297. The molecule has 0 amide bonds. The van der Waals surface area contributed by atoms with Crippen molar-refractivity contribution in [3.63, 3.8) is 0 Å². The predicted molar refractivity (Wildman–Crippen MR) is 134 cm³/mol. The lowest BCUT2D eigenvalue weighted by Gasteiger charge is -2.12. The van der Waals surface area contributed by atoms with E-state index in [0.29, 0.717) is 27.8 Å². The molecular formula is C27H23ClN2O6. The Morgan fingerprint density at radius 3 is 2.28 bits per heavy atom. The Kier molecular flexibility index (Phi) is 7.56. The topological polar surface area (TPSA) is 88.9 Å². The fourth-order valence-corrected chi connectivity index (χ4v) is 3.89. The first-order chi connectivity index (χ1) is 17.5. The van der Waals surface area contributed by atoms with Gasteiger partial charge in [0.25, 0.3) is 0 Å². The van der Waals surface area contributed by atoms with Crippen molar-refractivity contribution in [2.75, 3.05) is 21.3 Å². The second kappa shape index (κ2) is 11.0. The summed E-state index contributed by atoms with van der Waals surface area (Å²) in [6.07, 6.45) is 0. The number of carbonyl (C=O) groups excluding carboxylic acids is 2. The van der Waals surface area contributed by atoms with Crippen LogP contribution in [0.25, 0.3) is 16.9 Å². The molecule has 3 aromatic carbocycles. The molecular weight excluding hydrogens is 484 g/mol. The predicted octanol–water partition coefficient (Wildman–Crippen LogP) is 5.35. The summed E-state index contributed by atoms with van der Waals surface area (Å²) in [6.45, 7) is 0.232. The van der Waals surface area contributed by atoms with Crippen molar-refractivity contribution < 1.29 is 28.5 Å². The molecule has 4 rings (SSSR count). The van der Waals surface area contributed by atoms with Crippen LogP contribution in [0.2, 0.25) is 5.02 Å². The molecule has 1 aromatic heterocycles. The molecule has 0 fully saturated rings. The minimum atomic E-state index is -0.732. The molecule has 4 aromatic rings. The van der Waals surface area contributed by atoms with Crippen LogP contribution in [0, 0.1) is 0 Å². The lowest BCUT2D eigenvalue weighted by molar-refractivity contribution is 0.0549.